The third-order valence-electron chi connectivity index (χ3n) is 3.70. The number of aliphatic hydroxyl groups excluding tert-OH is 1. The van der Waals surface area contributed by atoms with Crippen LogP contribution in [-0.4, -0.2) is 66.0 Å². The first-order valence-electron chi connectivity index (χ1n) is 8.22. The summed E-state index contributed by atoms with van der Waals surface area (Å²) in [4.78, 5) is 50.4. The lowest BCUT2D eigenvalue weighted by molar-refractivity contribution is -0.213. The number of hydrogen-bond acceptors (Lipinski definition) is 8. The molecule has 0 saturated carbocycles. The highest BCUT2D eigenvalue weighted by Crippen LogP contribution is 2.14. The van der Waals surface area contributed by atoms with E-state index in [0.29, 0.717) is 18.1 Å². The Morgan fingerprint density at radius 1 is 1.24 bits per heavy atom. The molecule has 0 radical (unpaired) electrons. The third-order valence-corrected chi connectivity index (χ3v) is 3.70. The van der Waals surface area contributed by atoms with Crippen LogP contribution in [0.5, 0.6) is 0 Å². The standard InChI is InChI=1S/C15H22N2O8/c18-10-2-1-8-23-15(10)24-9-7-16-11(19)3-6-14(22)25-17-12(20)4-5-13(17)21/h10,15,18H,1-9H2,(H,16,19). The van der Waals surface area contributed by atoms with Crippen molar-refractivity contribution in [3.63, 3.8) is 0 Å². The molecule has 0 aromatic heterocycles. The Kier molecular flexibility index (Phi) is 7.29. The maximum atomic E-state index is 11.6. The Hall–Kier alpha value is -2.04. The van der Waals surface area contributed by atoms with Gasteiger partial charge in [-0.1, -0.05) is 0 Å². The molecule has 2 N–H and O–H groups in total. The van der Waals surface area contributed by atoms with E-state index in [2.05, 4.69) is 10.2 Å². The summed E-state index contributed by atoms with van der Waals surface area (Å²) < 4.78 is 10.6. The lowest BCUT2D eigenvalue weighted by Gasteiger charge is -2.27. The molecule has 2 fully saturated rings. The number of aliphatic hydroxyl groups is 1. The SMILES string of the molecule is O=C(CCC(=O)ON1C(=O)CCC1=O)NCCOC1OCCCC1O. The number of carbonyl (C=O) groups is 4. The molecule has 2 saturated heterocycles. The minimum atomic E-state index is -0.825. The maximum Gasteiger partial charge on any atom is 0.333 e. The zero-order chi connectivity index (χ0) is 18.2. The fourth-order valence-electron chi connectivity index (χ4n) is 2.37. The van der Waals surface area contributed by atoms with Crippen molar-refractivity contribution in [2.24, 2.45) is 0 Å². The van der Waals surface area contributed by atoms with Crippen molar-refractivity contribution in [2.75, 3.05) is 19.8 Å². The van der Waals surface area contributed by atoms with Gasteiger partial charge in [0.1, 0.15) is 6.10 Å². The predicted octanol–water partition coefficient (Wildman–Crippen LogP) is -0.996. The van der Waals surface area contributed by atoms with Crippen molar-refractivity contribution in [3.05, 3.63) is 0 Å². The van der Waals surface area contributed by atoms with E-state index in [1.165, 1.54) is 0 Å². The molecule has 10 heteroatoms. The molecule has 25 heavy (non-hydrogen) atoms. The number of nitrogens with zero attached hydrogens (tertiary/aromatic N) is 1. The lowest BCUT2D eigenvalue weighted by Crippen LogP contribution is -2.38. The quantitative estimate of drug-likeness (QED) is 0.417. The minimum Gasteiger partial charge on any atom is -0.388 e. The van der Waals surface area contributed by atoms with E-state index in [1.54, 1.807) is 0 Å². The lowest BCUT2D eigenvalue weighted by atomic mass is 10.1. The summed E-state index contributed by atoms with van der Waals surface area (Å²) in [5, 5.41) is 12.6. The van der Waals surface area contributed by atoms with Crippen LogP contribution in [0.3, 0.4) is 0 Å². The van der Waals surface area contributed by atoms with Gasteiger partial charge in [-0.3, -0.25) is 14.4 Å². The van der Waals surface area contributed by atoms with Crippen LogP contribution in [0, 0.1) is 0 Å². The number of rotatable bonds is 8. The van der Waals surface area contributed by atoms with Crippen molar-refractivity contribution in [2.45, 2.75) is 50.9 Å². The third kappa shape index (κ3) is 6.07. The molecule has 2 rings (SSSR count). The fourth-order valence-corrected chi connectivity index (χ4v) is 2.37. The van der Waals surface area contributed by atoms with Gasteiger partial charge in [-0.25, -0.2) is 4.79 Å². The minimum absolute atomic E-state index is 0.0198. The van der Waals surface area contributed by atoms with Crippen LogP contribution in [0.1, 0.15) is 38.5 Å². The first-order valence-corrected chi connectivity index (χ1v) is 8.22. The molecule has 0 aromatic carbocycles. The molecule has 0 aliphatic carbocycles. The van der Waals surface area contributed by atoms with Crippen molar-refractivity contribution >= 4 is 23.7 Å². The second-order valence-electron chi connectivity index (χ2n) is 5.71. The maximum absolute atomic E-state index is 11.6. The molecular formula is C15H22N2O8. The Labute approximate surface area is 144 Å². The number of hydroxylamine groups is 2. The van der Waals surface area contributed by atoms with Crippen molar-refractivity contribution in [3.8, 4) is 0 Å². The number of ether oxygens (including phenoxy) is 2. The van der Waals surface area contributed by atoms with Gasteiger partial charge in [0, 0.05) is 32.4 Å². The topological polar surface area (TPSA) is 131 Å². The summed E-state index contributed by atoms with van der Waals surface area (Å²) >= 11 is 0. The Bertz CT molecular complexity index is 508. The van der Waals surface area contributed by atoms with Gasteiger partial charge in [0.25, 0.3) is 11.8 Å². The van der Waals surface area contributed by atoms with E-state index < -0.39 is 36.1 Å². The monoisotopic (exact) mass is 358 g/mol. The van der Waals surface area contributed by atoms with E-state index >= 15 is 0 Å². The zero-order valence-electron chi connectivity index (χ0n) is 13.8. The largest absolute Gasteiger partial charge is 0.388 e. The van der Waals surface area contributed by atoms with Gasteiger partial charge < -0.3 is 24.7 Å². The van der Waals surface area contributed by atoms with Gasteiger partial charge in [-0.2, -0.15) is 0 Å². The molecule has 2 unspecified atom stereocenters. The molecule has 2 atom stereocenters. The Balaban J connectivity index is 1.55. The van der Waals surface area contributed by atoms with Crippen LogP contribution in [-0.2, 0) is 33.5 Å². The molecule has 140 valence electrons. The average Bonchev–Trinajstić information content (AvgIpc) is 2.90. The van der Waals surface area contributed by atoms with E-state index in [0.717, 1.165) is 6.42 Å². The van der Waals surface area contributed by atoms with E-state index in [-0.39, 0.29) is 38.8 Å². The zero-order valence-corrected chi connectivity index (χ0v) is 13.8. The summed E-state index contributed by atoms with van der Waals surface area (Å²) in [7, 11) is 0. The Morgan fingerprint density at radius 3 is 2.64 bits per heavy atom. The highest BCUT2D eigenvalue weighted by atomic mass is 16.7. The second kappa shape index (κ2) is 9.44. The Morgan fingerprint density at radius 2 is 1.96 bits per heavy atom. The number of amides is 3. The van der Waals surface area contributed by atoms with Crippen LogP contribution in [0.2, 0.25) is 0 Å². The van der Waals surface area contributed by atoms with Gasteiger partial charge in [-0.15, -0.1) is 5.06 Å². The molecule has 2 aliphatic rings. The molecule has 10 nitrogen and oxygen atoms in total. The smallest absolute Gasteiger partial charge is 0.333 e. The van der Waals surface area contributed by atoms with Crippen molar-refractivity contribution < 1.29 is 38.6 Å². The van der Waals surface area contributed by atoms with Gasteiger partial charge in [0.05, 0.1) is 13.0 Å². The first-order chi connectivity index (χ1) is 12.0. The highest BCUT2D eigenvalue weighted by Gasteiger charge is 2.32. The van der Waals surface area contributed by atoms with Crippen LogP contribution in [0.4, 0.5) is 0 Å². The van der Waals surface area contributed by atoms with Gasteiger partial charge in [0.15, 0.2) is 6.29 Å². The number of imide groups is 1. The molecule has 0 bridgehead atoms. The highest BCUT2D eigenvalue weighted by molar-refractivity contribution is 6.01. The van der Waals surface area contributed by atoms with Crippen LogP contribution >= 0.6 is 0 Å². The first kappa shape index (κ1) is 19.3. The second-order valence-corrected chi connectivity index (χ2v) is 5.71. The van der Waals surface area contributed by atoms with Crippen LogP contribution in [0.15, 0.2) is 0 Å². The van der Waals surface area contributed by atoms with Crippen LogP contribution < -0.4 is 5.32 Å². The molecular weight excluding hydrogens is 336 g/mol. The van der Waals surface area contributed by atoms with Crippen molar-refractivity contribution in [1.82, 2.24) is 10.4 Å². The average molecular weight is 358 g/mol. The molecule has 0 spiro atoms. The molecule has 2 aliphatic heterocycles. The van der Waals surface area contributed by atoms with Gasteiger partial charge in [-0.05, 0) is 12.8 Å². The molecule has 3 amide bonds. The summed E-state index contributed by atoms with van der Waals surface area (Å²) in [6.07, 6.45) is -0.320. The van der Waals surface area contributed by atoms with E-state index in [9.17, 15) is 24.3 Å². The number of hydrogen-bond donors (Lipinski definition) is 2. The number of nitrogens with one attached hydrogen (secondary N) is 1. The van der Waals surface area contributed by atoms with Gasteiger partial charge in [0.2, 0.25) is 5.91 Å². The van der Waals surface area contributed by atoms with E-state index in [4.69, 9.17) is 9.47 Å². The number of carbonyl (C=O) groups excluding carboxylic acids is 4. The van der Waals surface area contributed by atoms with E-state index in [1.807, 2.05) is 0 Å². The predicted molar refractivity (Wildman–Crippen MR) is 80.4 cm³/mol. The summed E-state index contributed by atoms with van der Waals surface area (Å²) in [6.45, 7) is 0.885. The van der Waals surface area contributed by atoms with Crippen molar-refractivity contribution in [1.29, 1.82) is 0 Å². The van der Waals surface area contributed by atoms with Gasteiger partial charge >= 0.3 is 5.97 Å². The fraction of sp³-hybridized carbons (Fsp3) is 0.733. The molecule has 0 aromatic rings. The van der Waals surface area contributed by atoms with Crippen LogP contribution in [0.25, 0.3) is 0 Å². The summed E-state index contributed by atoms with van der Waals surface area (Å²) in [5.74, 6) is -2.35. The normalized spacial score (nSPS) is 23.6. The summed E-state index contributed by atoms with van der Waals surface area (Å²) in [6, 6.07) is 0. The molecule has 2 heterocycles. The summed E-state index contributed by atoms with van der Waals surface area (Å²) in [5.41, 5.74) is 0.